The molecule has 0 spiro atoms. The molecule has 2 heterocycles. The number of halogens is 1. The Morgan fingerprint density at radius 1 is 1.50 bits per heavy atom. The minimum absolute atomic E-state index is 0.125. The Labute approximate surface area is 94.7 Å². The number of anilines is 2. The van der Waals surface area contributed by atoms with Crippen molar-refractivity contribution in [2.24, 2.45) is 5.41 Å². The van der Waals surface area contributed by atoms with Crippen LogP contribution in [-0.2, 0) is 0 Å². The van der Waals surface area contributed by atoms with Crippen LogP contribution in [-0.4, -0.2) is 23.1 Å². The van der Waals surface area contributed by atoms with Gasteiger partial charge >= 0.3 is 0 Å². The molecule has 0 aromatic carbocycles. The summed E-state index contributed by atoms with van der Waals surface area (Å²) in [4.78, 5) is 9.57. The van der Waals surface area contributed by atoms with Crippen LogP contribution in [0, 0.1) is 11.2 Å². The van der Waals surface area contributed by atoms with E-state index in [1.807, 2.05) is 4.90 Å². The van der Waals surface area contributed by atoms with Crippen LogP contribution in [0.25, 0.3) is 0 Å². The van der Waals surface area contributed by atoms with Gasteiger partial charge in [-0.2, -0.15) is 4.98 Å². The van der Waals surface area contributed by atoms with E-state index in [-0.39, 0.29) is 11.4 Å². The molecule has 0 aliphatic carbocycles. The molecule has 0 radical (unpaired) electrons. The lowest BCUT2D eigenvalue weighted by atomic mass is 9.84. The lowest BCUT2D eigenvalue weighted by molar-refractivity contribution is 0.290. The van der Waals surface area contributed by atoms with E-state index in [9.17, 15) is 4.39 Å². The fourth-order valence-electron chi connectivity index (χ4n) is 2.20. The third kappa shape index (κ3) is 2.23. The predicted octanol–water partition coefficient (Wildman–Crippen LogP) is 1.82. The first-order valence-electron chi connectivity index (χ1n) is 5.51. The molecule has 0 amide bonds. The van der Waals surface area contributed by atoms with Gasteiger partial charge in [-0.1, -0.05) is 13.8 Å². The highest BCUT2D eigenvalue weighted by Gasteiger charge is 2.28. The third-order valence-electron chi connectivity index (χ3n) is 2.94. The molecular formula is C11H17FN4. The Hall–Kier alpha value is -1.39. The van der Waals surface area contributed by atoms with Crippen LogP contribution in [0.2, 0.25) is 0 Å². The molecule has 88 valence electrons. The molecule has 0 saturated carbocycles. The Morgan fingerprint density at radius 3 is 2.94 bits per heavy atom. The van der Waals surface area contributed by atoms with Gasteiger partial charge in [0.1, 0.15) is 0 Å². The lowest BCUT2D eigenvalue weighted by Crippen LogP contribution is -2.41. The van der Waals surface area contributed by atoms with E-state index in [2.05, 4.69) is 23.8 Å². The molecule has 1 fully saturated rings. The van der Waals surface area contributed by atoms with Crippen molar-refractivity contribution in [3.8, 4) is 0 Å². The normalized spacial score (nSPS) is 19.8. The van der Waals surface area contributed by atoms with Gasteiger partial charge in [0.2, 0.25) is 5.95 Å². The van der Waals surface area contributed by atoms with E-state index in [0.29, 0.717) is 5.82 Å². The van der Waals surface area contributed by atoms with Crippen molar-refractivity contribution in [1.29, 1.82) is 0 Å². The molecule has 0 atom stereocenters. The fraction of sp³-hybridized carbons (Fsp3) is 0.636. The van der Waals surface area contributed by atoms with Gasteiger partial charge in [-0.3, -0.25) is 0 Å². The summed E-state index contributed by atoms with van der Waals surface area (Å²) in [5.41, 5.74) is 5.69. The Kier molecular flexibility index (Phi) is 2.69. The van der Waals surface area contributed by atoms with Crippen LogP contribution in [0.4, 0.5) is 16.2 Å². The van der Waals surface area contributed by atoms with E-state index in [0.717, 1.165) is 32.1 Å². The smallest absolute Gasteiger partial charge is 0.222 e. The number of rotatable bonds is 1. The first-order valence-corrected chi connectivity index (χ1v) is 5.51. The fourth-order valence-corrected chi connectivity index (χ4v) is 2.20. The van der Waals surface area contributed by atoms with Crippen molar-refractivity contribution >= 4 is 11.8 Å². The summed E-state index contributed by atoms with van der Waals surface area (Å²) in [6.45, 7) is 6.00. The first kappa shape index (κ1) is 11.1. The number of nitrogen functional groups attached to an aromatic ring is 1. The monoisotopic (exact) mass is 224 g/mol. The number of hydrogen-bond acceptors (Lipinski definition) is 4. The van der Waals surface area contributed by atoms with Gasteiger partial charge in [-0.05, 0) is 18.3 Å². The molecule has 0 bridgehead atoms. The highest BCUT2D eigenvalue weighted by molar-refractivity contribution is 5.43. The van der Waals surface area contributed by atoms with E-state index < -0.39 is 5.82 Å². The van der Waals surface area contributed by atoms with Gasteiger partial charge in [0.15, 0.2) is 11.6 Å². The van der Waals surface area contributed by atoms with Crippen molar-refractivity contribution in [3.05, 3.63) is 12.0 Å². The Bertz CT molecular complexity index is 392. The van der Waals surface area contributed by atoms with E-state index in [1.165, 1.54) is 0 Å². The van der Waals surface area contributed by atoms with E-state index in [1.54, 1.807) is 0 Å². The zero-order valence-corrected chi connectivity index (χ0v) is 9.70. The van der Waals surface area contributed by atoms with Crippen LogP contribution in [0.5, 0.6) is 0 Å². The van der Waals surface area contributed by atoms with Crippen molar-refractivity contribution < 1.29 is 4.39 Å². The summed E-state index contributed by atoms with van der Waals surface area (Å²) in [6.07, 6.45) is 3.35. The summed E-state index contributed by atoms with van der Waals surface area (Å²) in [7, 11) is 0. The average molecular weight is 224 g/mol. The molecule has 1 aromatic heterocycles. The zero-order chi connectivity index (χ0) is 11.8. The Morgan fingerprint density at radius 2 is 2.25 bits per heavy atom. The standard InChI is InChI=1S/C11H17FN4/c1-11(2)4-3-5-16(7-11)9-8(12)6-14-10(13)15-9/h6H,3-5,7H2,1-2H3,(H2,13,14,15). The van der Waals surface area contributed by atoms with Gasteiger partial charge in [0.05, 0.1) is 6.20 Å². The molecule has 16 heavy (non-hydrogen) atoms. The minimum Gasteiger partial charge on any atom is -0.368 e. The topological polar surface area (TPSA) is 55.0 Å². The number of aromatic nitrogens is 2. The molecule has 1 aromatic rings. The molecule has 1 aliphatic rings. The number of hydrogen-bond donors (Lipinski definition) is 1. The van der Waals surface area contributed by atoms with E-state index >= 15 is 0 Å². The van der Waals surface area contributed by atoms with Crippen LogP contribution in [0.1, 0.15) is 26.7 Å². The van der Waals surface area contributed by atoms with Crippen molar-refractivity contribution in [3.63, 3.8) is 0 Å². The maximum Gasteiger partial charge on any atom is 0.222 e. The zero-order valence-electron chi connectivity index (χ0n) is 9.70. The number of nitrogens with zero attached hydrogens (tertiary/aromatic N) is 3. The third-order valence-corrected chi connectivity index (χ3v) is 2.94. The van der Waals surface area contributed by atoms with Crippen LogP contribution < -0.4 is 10.6 Å². The second-order valence-corrected chi connectivity index (χ2v) is 5.09. The minimum atomic E-state index is -0.396. The maximum atomic E-state index is 13.6. The highest BCUT2D eigenvalue weighted by atomic mass is 19.1. The summed E-state index contributed by atoms with van der Waals surface area (Å²) in [5, 5.41) is 0. The SMILES string of the molecule is CC1(C)CCCN(c2nc(N)ncc2F)C1. The molecule has 1 saturated heterocycles. The van der Waals surface area contributed by atoms with Crippen molar-refractivity contribution in [2.45, 2.75) is 26.7 Å². The first-order chi connectivity index (χ1) is 7.48. The van der Waals surface area contributed by atoms with Crippen LogP contribution >= 0.6 is 0 Å². The van der Waals surface area contributed by atoms with E-state index in [4.69, 9.17) is 5.73 Å². The molecule has 2 N–H and O–H groups in total. The second kappa shape index (κ2) is 3.88. The number of piperidine rings is 1. The van der Waals surface area contributed by atoms with Crippen molar-refractivity contribution in [1.82, 2.24) is 9.97 Å². The molecule has 5 heteroatoms. The van der Waals surface area contributed by atoms with Gasteiger partial charge in [-0.25, -0.2) is 9.37 Å². The van der Waals surface area contributed by atoms with Crippen LogP contribution in [0.15, 0.2) is 6.20 Å². The van der Waals surface area contributed by atoms with Gasteiger partial charge in [0.25, 0.3) is 0 Å². The molecule has 4 nitrogen and oxygen atoms in total. The lowest BCUT2D eigenvalue weighted by Gasteiger charge is -2.38. The maximum absolute atomic E-state index is 13.6. The summed E-state index contributed by atoms with van der Waals surface area (Å²) < 4.78 is 13.6. The molecule has 0 unspecified atom stereocenters. The highest BCUT2D eigenvalue weighted by Crippen LogP contribution is 2.31. The van der Waals surface area contributed by atoms with Crippen molar-refractivity contribution in [2.75, 3.05) is 23.7 Å². The van der Waals surface area contributed by atoms with Gasteiger partial charge in [-0.15, -0.1) is 0 Å². The summed E-state index contributed by atoms with van der Waals surface area (Å²) in [6, 6.07) is 0. The van der Waals surface area contributed by atoms with Gasteiger partial charge < -0.3 is 10.6 Å². The average Bonchev–Trinajstić information content (AvgIpc) is 2.20. The predicted molar refractivity (Wildman–Crippen MR) is 61.6 cm³/mol. The van der Waals surface area contributed by atoms with Crippen LogP contribution in [0.3, 0.4) is 0 Å². The summed E-state index contributed by atoms with van der Waals surface area (Å²) >= 11 is 0. The molecule has 2 rings (SSSR count). The quantitative estimate of drug-likeness (QED) is 0.790. The summed E-state index contributed by atoms with van der Waals surface area (Å²) in [5.74, 6) is 0.0620. The second-order valence-electron chi connectivity index (χ2n) is 5.09. The number of nitrogens with two attached hydrogens (primary N) is 1. The molecular weight excluding hydrogens is 207 g/mol. The Balaban J connectivity index is 2.26. The largest absolute Gasteiger partial charge is 0.368 e. The van der Waals surface area contributed by atoms with Gasteiger partial charge in [0, 0.05) is 13.1 Å². The molecule has 1 aliphatic heterocycles.